The number of hydrogen-bond donors (Lipinski definition) is 1. The Labute approximate surface area is 223 Å². The first-order valence-corrected chi connectivity index (χ1v) is 14.9. The zero-order valence-corrected chi connectivity index (χ0v) is 24.2. The molecule has 0 fully saturated rings. The first kappa shape index (κ1) is 30.4. The molecule has 0 radical (unpaired) electrons. The van der Waals surface area contributed by atoms with Gasteiger partial charge < -0.3 is 10.2 Å². The molecule has 0 unspecified atom stereocenters. The number of nitrogens with one attached hydrogen (secondary N) is 1. The summed E-state index contributed by atoms with van der Waals surface area (Å²) >= 11 is 0. The van der Waals surface area contributed by atoms with Gasteiger partial charge >= 0.3 is 0 Å². The maximum atomic E-state index is 13.6. The molecule has 0 aliphatic rings. The molecule has 2 rings (SSSR count). The van der Waals surface area contributed by atoms with Gasteiger partial charge in [0.15, 0.2) is 0 Å². The maximum Gasteiger partial charge on any atom is 0.243 e. The fourth-order valence-corrected chi connectivity index (χ4v) is 5.17. The second-order valence-corrected chi connectivity index (χ2v) is 11.8. The van der Waals surface area contributed by atoms with Crippen LogP contribution in [0.3, 0.4) is 0 Å². The van der Waals surface area contributed by atoms with Crippen LogP contribution in [0.15, 0.2) is 42.5 Å². The van der Waals surface area contributed by atoms with Crippen LogP contribution in [0.1, 0.15) is 68.7 Å². The summed E-state index contributed by atoms with van der Waals surface area (Å²) in [5.41, 5.74) is 4.72. The van der Waals surface area contributed by atoms with E-state index >= 15 is 0 Å². The van der Waals surface area contributed by atoms with Gasteiger partial charge in [0.1, 0.15) is 6.04 Å². The standard InChI is InChI=1S/C29H43N3O4S/c1-8-24(6)30-29(34)27(9-2)31(20-25-14-11-10-13-22(25)4)28(33)15-12-18-32(37(7,35)36)26-17-16-21(3)23(5)19-26/h10-11,13-14,16-17,19,24,27H,8-9,12,15,18,20H2,1-7H3,(H,30,34)/t24-,27-/m0/s1. The second kappa shape index (κ2) is 13.6. The predicted molar refractivity (Wildman–Crippen MR) is 151 cm³/mol. The Hall–Kier alpha value is -2.87. The van der Waals surface area contributed by atoms with Crippen molar-refractivity contribution in [3.05, 3.63) is 64.7 Å². The maximum absolute atomic E-state index is 13.6. The first-order chi connectivity index (χ1) is 17.4. The molecule has 0 aliphatic heterocycles. The Balaban J connectivity index is 2.25. The summed E-state index contributed by atoms with van der Waals surface area (Å²) in [6.45, 7) is 12.3. The Bertz CT molecular complexity index is 1180. The molecule has 0 heterocycles. The lowest BCUT2D eigenvalue weighted by Gasteiger charge is -2.32. The van der Waals surface area contributed by atoms with Crippen molar-refractivity contribution in [3.63, 3.8) is 0 Å². The molecule has 2 atom stereocenters. The van der Waals surface area contributed by atoms with E-state index < -0.39 is 16.1 Å². The molecule has 0 saturated heterocycles. The van der Waals surface area contributed by atoms with Crippen molar-refractivity contribution >= 4 is 27.5 Å². The summed E-state index contributed by atoms with van der Waals surface area (Å²) in [5, 5.41) is 3.02. The van der Waals surface area contributed by atoms with Gasteiger partial charge in [0.05, 0.1) is 11.9 Å². The third kappa shape index (κ3) is 8.59. The highest BCUT2D eigenvalue weighted by atomic mass is 32.2. The molecule has 204 valence electrons. The summed E-state index contributed by atoms with van der Waals surface area (Å²) in [7, 11) is -3.53. The predicted octanol–water partition coefficient (Wildman–Crippen LogP) is 4.88. The number of carbonyl (C=O) groups excluding carboxylic acids is 2. The monoisotopic (exact) mass is 529 g/mol. The number of nitrogens with zero attached hydrogens (tertiary/aromatic N) is 2. The van der Waals surface area contributed by atoms with Crippen LogP contribution in [-0.2, 0) is 26.2 Å². The van der Waals surface area contributed by atoms with Crippen LogP contribution in [0.2, 0.25) is 0 Å². The summed E-state index contributed by atoms with van der Waals surface area (Å²) in [6.07, 6.45) is 2.94. The number of carbonyl (C=O) groups is 2. The van der Waals surface area contributed by atoms with E-state index in [4.69, 9.17) is 0 Å². The minimum atomic E-state index is -3.53. The minimum absolute atomic E-state index is 0.0123. The number of hydrogen-bond acceptors (Lipinski definition) is 4. The van der Waals surface area contributed by atoms with Gasteiger partial charge in [0.25, 0.3) is 0 Å². The van der Waals surface area contributed by atoms with E-state index in [0.29, 0.717) is 25.1 Å². The SMILES string of the molecule is CC[C@H](C)NC(=O)[C@H](CC)N(Cc1ccccc1C)C(=O)CCCN(c1ccc(C)c(C)c1)S(C)(=O)=O. The lowest BCUT2D eigenvalue weighted by atomic mass is 10.0. The van der Waals surface area contributed by atoms with Crippen LogP contribution in [0, 0.1) is 20.8 Å². The summed E-state index contributed by atoms with van der Waals surface area (Å²) < 4.78 is 26.5. The van der Waals surface area contributed by atoms with E-state index in [9.17, 15) is 18.0 Å². The van der Waals surface area contributed by atoms with E-state index in [-0.39, 0.29) is 30.8 Å². The molecule has 2 amide bonds. The molecule has 0 aromatic heterocycles. The lowest BCUT2D eigenvalue weighted by Crippen LogP contribution is -2.50. The first-order valence-electron chi connectivity index (χ1n) is 13.1. The third-order valence-electron chi connectivity index (χ3n) is 6.92. The minimum Gasteiger partial charge on any atom is -0.352 e. The van der Waals surface area contributed by atoms with Crippen LogP contribution in [0.5, 0.6) is 0 Å². The van der Waals surface area contributed by atoms with Crippen LogP contribution in [-0.4, -0.2) is 50.0 Å². The molecule has 1 N–H and O–H groups in total. The fraction of sp³-hybridized carbons (Fsp3) is 0.517. The molecule has 0 spiro atoms. The van der Waals surface area contributed by atoms with Crippen LogP contribution in [0.4, 0.5) is 5.69 Å². The Kier molecular flexibility index (Phi) is 11.2. The Morgan fingerprint density at radius 1 is 0.946 bits per heavy atom. The summed E-state index contributed by atoms with van der Waals surface area (Å²) in [5.74, 6) is -0.324. The number of sulfonamides is 1. The quantitative estimate of drug-likeness (QED) is 0.401. The van der Waals surface area contributed by atoms with E-state index in [2.05, 4.69) is 5.32 Å². The average Bonchev–Trinajstić information content (AvgIpc) is 2.83. The van der Waals surface area contributed by atoms with Gasteiger partial charge in [-0.05, 0) is 81.3 Å². The molecule has 0 aliphatic carbocycles. The van der Waals surface area contributed by atoms with Gasteiger partial charge in [0, 0.05) is 25.6 Å². The third-order valence-corrected chi connectivity index (χ3v) is 8.11. The second-order valence-electron chi connectivity index (χ2n) is 9.90. The molecule has 7 nitrogen and oxygen atoms in total. The molecule has 37 heavy (non-hydrogen) atoms. The zero-order chi connectivity index (χ0) is 27.8. The fourth-order valence-electron chi connectivity index (χ4n) is 4.22. The highest BCUT2D eigenvalue weighted by Crippen LogP contribution is 2.23. The van der Waals surface area contributed by atoms with Crippen molar-refractivity contribution in [2.45, 2.75) is 85.9 Å². The number of aryl methyl sites for hydroxylation is 3. The van der Waals surface area contributed by atoms with Crippen LogP contribution >= 0.6 is 0 Å². The Morgan fingerprint density at radius 2 is 1.62 bits per heavy atom. The number of benzene rings is 2. The topological polar surface area (TPSA) is 86.8 Å². The summed E-state index contributed by atoms with van der Waals surface area (Å²) in [4.78, 5) is 28.3. The molecule has 2 aromatic rings. The van der Waals surface area contributed by atoms with Crippen molar-refractivity contribution in [1.29, 1.82) is 0 Å². The molecular formula is C29H43N3O4S. The van der Waals surface area contributed by atoms with Crippen molar-refractivity contribution in [3.8, 4) is 0 Å². The highest BCUT2D eigenvalue weighted by molar-refractivity contribution is 7.92. The normalized spacial score (nSPS) is 13.1. The van der Waals surface area contributed by atoms with Gasteiger partial charge in [0.2, 0.25) is 21.8 Å². The number of rotatable bonds is 13. The Morgan fingerprint density at radius 3 is 2.19 bits per heavy atom. The lowest BCUT2D eigenvalue weighted by molar-refractivity contribution is -0.141. The summed E-state index contributed by atoms with van der Waals surface area (Å²) in [6, 6.07) is 12.8. The highest BCUT2D eigenvalue weighted by Gasteiger charge is 2.29. The smallest absolute Gasteiger partial charge is 0.243 e. The number of anilines is 1. The van der Waals surface area contributed by atoms with E-state index in [1.54, 1.807) is 11.0 Å². The van der Waals surface area contributed by atoms with Crippen molar-refractivity contribution in [1.82, 2.24) is 10.2 Å². The average molecular weight is 530 g/mol. The van der Waals surface area contributed by atoms with Gasteiger partial charge in [-0.1, -0.05) is 44.2 Å². The molecule has 0 bridgehead atoms. The van der Waals surface area contributed by atoms with E-state index in [1.807, 2.05) is 77.9 Å². The molecular weight excluding hydrogens is 486 g/mol. The largest absolute Gasteiger partial charge is 0.352 e. The van der Waals surface area contributed by atoms with Gasteiger partial charge in [-0.2, -0.15) is 0 Å². The van der Waals surface area contributed by atoms with Crippen molar-refractivity contribution in [2.24, 2.45) is 0 Å². The molecule has 8 heteroatoms. The zero-order valence-electron chi connectivity index (χ0n) is 23.4. The number of amides is 2. The van der Waals surface area contributed by atoms with Gasteiger partial charge in [-0.15, -0.1) is 0 Å². The van der Waals surface area contributed by atoms with E-state index in [1.165, 1.54) is 10.6 Å². The molecule has 0 saturated carbocycles. The van der Waals surface area contributed by atoms with Crippen molar-refractivity contribution < 1.29 is 18.0 Å². The van der Waals surface area contributed by atoms with Crippen LogP contribution in [0.25, 0.3) is 0 Å². The molecule has 2 aromatic carbocycles. The van der Waals surface area contributed by atoms with Crippen LogP contribution < -0.4 is 9.62 Å². The van der Waals surface area contributed by atoms with Gasteiger partial charge in [-0.25, -0.2) is 8.42 Å². The van der Waals surface area contributed by atoms with E-state index in [0.717, 1.165) is 28.7 Å². The van der Waals surface area contributed by atoms with Gasteiger partial charge in [-0.3, -0.25) is 13.9 Å². The van der Waals surface area contributed by atoms with Crippen molar-refractivity contribution in [2.75, 3.05) is 17.1 Å².